The van der Waals surface area contributed by atoms with Crippen LogP contribution < -0.4 is 0 Å². The summed E-state index contributed by atoms with van der Waals surface area (Å²) in [6.45, 7) is 1.30. The number of furan rings is 1. The number of ether oxygens (including phenoxy) is 1. The summed E-state index contributed by atoms with van der Waals surface area (Å²) in [4.78, 5) is 22.4. The second kappa shape index (κ2) is 3.29. The number of fused-ring (bicyclic) bond motifs is 1. The van der Waals surface area contributed by atoms with Gasteiger partial charge in [0.25, 0.3) is 0 Å². The first-order valence-electron chi connectivity index (χ1n) is 4.46. The second-order valence-electron chi connectivity index (χ2n) is 3.26. The smallest absolute Gasteiger partial charge is 0.303 e. The summed E-state index contributed by atoms with van der Waals surface area (Å²) < 4.78 is 10.0. The van der Waals surface area contributed by atoms with E-state index in [1.807, 2.05) is 0 Å². The van der Waals surface area contributed by atoms with Gasteiger partial charge in [0.1, 0.15) is 5.76 Å². The molecule has 0 aliphatic heterocycles. The normalized spacial score (nSPS) is 20.4. The Morgan fingerprint density at radius 1 is 1.64 bits per heavy atom. The van der Waals surface area contributed by atoms with E-state index >= 15 is 0 Å². The second-order valence-corrected chi connectivity index (χ2v) is 3.26. The van der Waals surface area contributed by atoms with Crippen LogP contribution in [0.25, 0.3) is 0 Å². The van der Waals surface area contributed by atoms with Crippen LogP contribution in [0.5, 0.6) is 0 Å². The monoisotopic (exact) mass is 194 g/mol. The average molecular weight is 194 g/mol. The summed E-state index contributed by atoms with van der Waals surface area (Å²) in [7, 11) is 0. The van der Waals surface area contributed by atoms with Gasteiger partial charge in [0.05, 0.1) is 11.8 Å². The van der Waals surface area contributed by atoms with Crippen LogP contribution >= 0.6 is 0 Å². The lowest BCUT2D eigenvalue weighted by Crippen LogP contribution is -2.30. The fourth-order valence-corrected chi connectivity index (χ4v) is 1.63. The van der Waals surface area contributed by atoms with Crippen LogP contribution in [0.15, 0.2) is 16.7 Å². The first-order chi connectivity index (χ1) is 6.68. The molecule has 0 amide bonds. The molecule has 1 aromatic heterocycles. The van der Waals surface area contributed by atoms with Crippen molar-refractivity contribution in [2.45, 2.75) is 25.9 Å². The third kappa shape index (κ3) is 1.43. The molecule has 0 saturated heterocycles. The standard InChI is InChI=1S/C10H10O4/c1-6(11)14-9-3-2-8-7(10(9)12)4-5-13-8/h4-5,9H,2-3H2,1H3. The summed E-state index contributed by atoms with van der Waals surface area (Å²) >= 11 is 0. The number of esters is 1. The molecule has 1 heterocycles. The van der Waals surface area contributed by atoms with Crippen molar-refractivity contribution in [3.05, 3.63) is 23.7 Å². The van der Waals surface area contributed by atoms with Gasteiger partial charge in [-0.1, -0.05) is 0 Å². The van der Waals surface area contributed by atoms with Crippen LogP contribution in [0.2, 0.25) is 0 Å². The lowest BCUT2D eigenvalue weighted by molar-refractivity contribution is -0.144. The molecule has 0 fully saturated rings. The maximum absolute atomic E-state index is 11.7. The molecule has 0 aromatic carbocycles. The van der Waals surface area contributed by atoms with E-state index in [1.54, 1.807) is 6.07 Å². The Morgan fingerprint density at radius 2 is 2.43 bits per heavy atom. The Hall–Kier alpha value is -1.58. The van der Waals surface area contributed by atoms with Gasteiger partial charge in [-0.2, -0.15) is 0 Å². The van der Waals surface area contributed by atoms with Crippen LogP contribution in [0.1, 0.15) is 29.5 Å². The fraction of sp³-hybridized carbons (Fsp3) is 0.400. The highest BCUT2D eigenvalue weighted by Crippen LogP contribution is 2.23. The molecule has 1 aliphatic carbocycles. The summed E-state index contributed by atoms with van der Waals surface area (Å²) in [5, 5.41) is 0. The molecular formula is C10H10O4. The zero-order valence-electron chi connectivity index (χ0n) is 7.78. The van der Waals surface area contributed by atoms with Crippen molar-refractivity contribution in [3.8, 4) is 0 Å². The largest absolute Gasteiger partial charge is 0.469 e. The molecule has 0 N–H and O–H groups in total. The molecule has 0 bridgehead atoms. The van der Waals surface area contributed by atoms with Crippen molar-refractivity contribution in [1.82, 2.24) is 0 Å². The van der Waals surface area contributed by atoms with Gasteiger partial charge in [0.15, 0.2) is 6.10 Å². The quantitative estimate of drug-likeness (QED) is 0.633. The van der Waals surface area contributed by atoms with E-state index in [9.17, 15) is 9.59 Å². The molecule has 4 heteroatoms. The number of Topliss-reactive ketones (excluding diaryl/α,β-unsaturated/α-hetero) is 1. The molecular weight excluding hydrogens is 184 g/mol. The minimum Gasteiger partial charge on any atom is -0.469 e. The van der Waals surface area contributed by atoms with Gasteiger partial charge in [-0.15, -0.1) is 0 Å². The lowest BCUT2D eigenvalue weighted by Gasteiger charge is -2.19. The molecule has 1 aromatic rings. The maximum atomic E-state index is 11.7. The van der Waals surface area contributed by atoms with E-state index in [1.165, 1.54) is 13.2 Å². The van der Waals surface area contributed by atoms with Gasteiger partial charge < -0.3 is 9.15 Å². The molecule has 1 aliphatic rings. The van der Waals surface area contributed by atoms with Gasteiger partial charge in [-0.25, -0.2) is 0 Å². The average Bonchev–Trinajstić information content (AvgIpc) is 2.57. The van der Waals surface area contributed by atoms with E-state index in [0.29, 0.717) is 24.2 Å². The number of carbonyl (C=O) groups excluding carboxylic acids is 2. The predicted octanol–water partition coefficient (Wildman–Crippen LogP) is 1.34. The molecule has 0 spiro atoms. The van der Waals surface area contributed by atoms with E-state index in [-0.39, 0.29) is 5.78 Å². The van der Waals surface area contributed by atoms with Crippen molar-refractivity contribution >= 4 is 11.8 Å². The first kappa shape index (κ1) is 8.99. The van der Waals surface area contributed by atoms with Crippen LogP contribution in [0.3, 0.4) is 0 Å². The Kier molecular flexibility index (Phi) is 2.11. The van der Waals surface area contributed by atoms with E-state index in [0.717, 1.165) is 0 Å². The summed E-state index contributed by atoms with van der Waals surface area (Å²) in [5.41, 5.74) is 0.544. The van der Waals surface area contributed by atoms with Gasteiger partial charge in [0, 0.05) is 13.3 Å². The Labute approximate surface area is 80.8 Å². The number of aryl methyl sites for hydroxylation is 1. The van der Waals surface area contributed by atoms with Crippen molar-refractivity contribution in [2.75, 3.05) is 0 Å². The Bertz CT molecular complexity index is 377. The third-order valence-electron chi connectivity index (χ3n) is 2.25. The van der Waals surface area contributed by atoms with E-state index < -0.39 is 12.1 Å². The number of rotatable bonds is 1. The lowest BCUT2D eigenvalue weighted by atomic mass is 9.94. The zero-order chi connectivity index (χ0) is 10.1. The van der Waals surface area contributed by atoms with Gasteiger partial charge in [-0.3, -0.25) is 9.59 Å². The topological polar surface area (TPSA) is 56.5 Å². The molecule has 1 unspecified atom stereocenters. The van der Waals surface area contributed by atoms with E-state index in [2.05, 4.69) is 0 Å². The fourth-order valence-electron chi connectivity index (χ4n) is 1.63. The number of hydrogen-bond donors (Lipinski definition) is 0. The van der Waals surface area contributed by atoms with Gasteiger partial charge >= 0.3 is 5.97 Å². The van der Waals surface area contributed by atoms with Gasteiger partial charge in [-0.05, 0) is 12.5 Å². The molecule has 14 heavy (non-hydrogen) atoms. The SMILES string of the molecule is CC(=O)OC1CCc2occc2C1=O. The predicted molar refractivity (Wildman–Crippen MR) is 46.9 cm³/mol. The molecule has 0 saturated carbocycles. The minimum absolute atomic E-state index is 0.157. The van der Waals surface area contributed by atoms with Crippen molar-refractivity contribution in [2.24, 2.45) is 0 Å². The first-order valence-corrected chi connectivity index (χ1v) is 4.46. The number of ketones is 1. The van der Waals surface area contributed by atoms with Crippen molar-refractivity contribution < 1.29 is 18.7 Å². The third-order valence-corrected chi connectivity index (χ3v) is 2.25. The molecule has 4 nitrogen and oxygen atoms in total. The summed E-state index contributed by atoms with van der Waals surface area (Å²) in [5.74, 6) is 0.115. The molecule has 2 rings (SSSR count). The van der Waals surface area contributed by atoms with Crippen molar-refractivity contribution in [1.29, 1.82) is 0 Å². The maximum Gasteiger partial charge on any atom is 0.303 e. The van der Waals surface area contributed by atoms with Crippen molar-refractivity contribution in [3.63, 3.8) is 0 Å². The zero-order valence-corrected chi connectivity index (χ0v) is 7.78. The highest BCUT2D eigenvalue weighted by molar-refractivity contribution is 6.02. The molecule has 1 atom stereocenters. The minimum atomic E-state index is -0.627. The highest BCUT2D eigenvalue weighted by atomic mass is 16.5. The molecule has 0 radical (unpaired) electrons. The van der Waals surface area contributed by atoms with Crippen LogP contribution in [-0.2, 0) is 16.0 Å². The van der Waals surface area contributed by atoms with Crippen LogP contribution in [0, 0.1) is 0 Å². The molecule has 74 valence electrons. The summed E-state index contributed by atoms with van der Waals surface area (Å²) in [6, 6.07) is 1.62. The number of hydrogen-bond acceptors (Lipinski definition) is 4. The Balaban J connectivity index is 2.21. The number of carbonyl (C=O) groups is 2. The highest BCUT2D eigenvalue weighted by Gasteiger charge is 2.31. The van der Waals surface area contributed by atoms with E-state index in [4.69, 9.17) is 9.15 Å². The summed E-state index contributed by atoms with van der Waals surface area (Å²) in [6.07, 6.45) is 2.02. The Morgan fingerprint density at radius 3 is 3.14 bits per heavy atom. The van der Waals surface area contributed by atoms with Crippen LogP contribution in [-0.4, -0.2) is 17.9 Å². The van der Waals surface area contributed by atoms with Crippen LogP contribution in [0.4, 0.5) is 0 Å². The van der Waals surface area contributed by atoms with Gasteiger partial charge in [0.2, 0.25) is 5.78 Å².